The monoisotopic (exact) mass is 906 g/mol. The third-order valence-corrected chi connectivity index (χ3v) is 21.0. The molecular formula is C60H46OP4. The second-order valence-corrected chi connectivity index (χ2v) is 24.2. The summed E-state index contributed by atoms with van der Waals surface area (Å²) in [4.78, 5) is 0. The van der Waals surface area contributed by atoms with Crippen molar-refractivity contribution >= 4 is 95.3 Å². The van der Waals surface area contributed by atoms with Crippen LogP contribution in [0.1, 0.15) is 0 Å². The first-order valence-electron chi connectivity index (χ1n) is 21.9. The lowest BCUT2D eigenvalue weighted by Gasteiger charge is -2.28. The minimum Gasteiger partial charge on any atom is -0.456 e. The Bertz CT molecular complexity index is 2680. The van der Waals surface area contributed by atoms with Crippen molar-refractivity contribution in [2.75, 3.05) is 0 Å². The van der Waals surface area contributed by atoms with Gasteiger partial charge in [-0.2, -0.15) is 0 Å². The Hall–Kier alpha value is -6.28. The summed E-state index contributed by atoms with van der Waals surface area (Å²) in [6.07, 6.45) is 0. The quantitative estimate of drug-likeness (QED) is 0.0988. The first kappa shape index (κ1) is 42.7. The predicted molar refractivity (Wildman–Crippen MR) is 288 cm³/mol. The van der Waals surface area contributed by atoms with Gasteiger partial charge in [-0.3, -0.25) is 0 Å². The van der Waals surface area contributed by atoms with Crippen LogP contribution < -0.4 is 68.4 Å². The number of hydrogen-bond donors (Lipinski definition) is 0. The molecule has 1 nitrogen and oxygen atoms in total. The number of hydrogen-bond acceptors (Lipinski definition) is 1. The minimum absolute atomic E-state index is 0.869. The molecule has 0 heterocycles. The van der Waals surface area contributed by atoms with Crippen molar-refractivity contribution in [3.63, 3.8) is 0 Å². The normalized spacial score (nSPS) is 11.3. The van der Waals surface area contributed by atoms with Gasteiger partial charge in [-0.15, -0.1) is 0 Å². The largest absolute Gasteiger partial charge is 0.456 e. The average Bonchev–Trinajstić information content (AvgIpc) is 3.38. The molecule has 0 radical (unpaired) electrons. The Labute approximate surface area is 388 Å². The molecule has 312 valence electrons. The molecule has 0 saturated heterocycles. The highest BCUT2D eigenvalue weighted by Crippen LogP contribution is 2.43. The Kier molecular flexibility index (Phi) is 13.6. The maximum atomic E-state index is 7.63. The van der Waals surface area contributed by atoms with Gasteiger partial charge in [0.25, 0.3) is 0 Å². The first-order valence-corrected chi connectivity index (χ1v) is 27.2. The van der Waals surface area contributed by atoms with E-state index in [1.54, 1.807) is 0 Å². The molecule has 0 N–H and O–H groups in total. The van der Waals surface area contributed by atoms with E-state index in [0.29, 0.717) is 0 Å². The van der Waals surface area contributed by atoms with E-state index in [0.717, 1.165) is 11.5 Å². The smallest absolute Gasteiger partial charge is 0.135 e. The lowest BCUT2D eigenvalue weighted by Crippen LogP contribution is -2.29. The van der Waals surface area contributed by atoms with Gasteiger partial charge in [-0.05, 0) is 109 Å². The van der Waals surface area contributed by atoms with Gasteiger partial charge in [0.05, 0.1) is 0 Å². The first-order chi connectivity index (χ1) is 32.3. The highest BCUT2D eigenvalue weighted by atomic mass is 31.1. The van der Waals surface area contributed by atoms with Gasteiger partial charge in [0.15, 0.2) is 0 Å². The number of ether oxygens (including phenoxy) is 1. The average molecular weight is 907 g/mol. The van der Waals surface area contributed by atoms with E-state index < -0.39 is 31.7 Å². The third-order valence-electron chi connectivity index (χ3n) is 11.2. The van der Waals surface area contributed by atoms with E-state index in [1.807, 2.05) is 0 Å². The van der Waals surface area contributed by atoms with E-state index in [9.17, 15) is 0 Å². The fourth-order valence-corrected chi connectivity index (χ4v) is 17.9. The fourth-order valence-electron chi connectivity index (χ4n) is 8.30. The van der Waals surface area contributed by atoms with Crippen molar-refractivity contribution in [1.82, 2.24) is 0 Å². The highest BCUT2D eigenvalue weighted by Gasteiger charge is 2.28. The van der Waals surface area contributed by atoms with Crippen LogP contribution in [0.5, 0.6) is 11.5 Å². The molecule has 0 aromatic heterocycles. The van der Waals surface area contributed by atoms with Crippen LogP contribution in [0, 0.1) is 0 Å². The van der Waals surface area contributed by atoms with Crippen LogP contribution in [0.3, 0.4) is 0 Å². The molecule has 0 aliphatic heterocycles. The second kappa shape index (κ2) is 20.7. The predicted octanol–water partition coefficient (Wildman–Crippen LogP) is 10.5. The van der Waals surface area contributed by atoms with E-state index >= 15 is 0 Å². The Morgan fingerprint density at radius 2 is 0.385 bits per heavy atom. The molecule has 10 aromatic carbocycles. The molecule has 65 heavy (non-hydrogen) atoms. The molecule has 0 atom stereocenters. The zero-order chi connectivity index (χ0) is 43.6. The van der Waals surface area contributed by atoms with Crippen LogP contribution in [-0.2, 0) is 0 Å². The topological polar surface area (TPSA) is 9.23 Å². The molecule has 10 aromatic rings. The van der Waals surface area contributed by atoms with Crippen LogP contribution in [0.15, 0.2) is 279 Å². The summed E-state index contributed by atoms with van der Waals surface area (Å²) in [6.45, 7) is 0. The van der Waals surface area contributed by atoms with E-state index in [1.165, 1.54) is 63.7 Å². The lowest BCUT2D eigenvalue weighted by molar-refractivity contribution is 0.491. The Morgan fingerprint density at radius 3 is 0.600 bits per heavy atom. The Morgan fingerprint density at radius 1 is 0.185 bits per heavy atom. The molecule has 0 fully saturated rings. The second-order valence-electron chi connectivity index (χ2n) is 15.4. The van der Waals surface area contributed by atoms with E-state index in [-0.39, 0.29) is 0 Å². The van der Waals surface area contributed by atoms with Gasteiger partial charge in [-0.25, -0.2) is 0 Å². The fraction of sp³-hybridized carbons (Fsp3) is 0. The molecule has 0 unspecified atom stereocenters. The van der Waals surface area contributed by atoms with Gasteiger partial charge in [0, 0.05) is 10.6 Å². The highest BCUT2D eigenvalue weighted by molar-refractivity contribution is 7.82. The molecule has 0 amide bonds. The summed E-state index contributed by atoms with van der Waals surface area (Å²) in [6, 6.07) is 102. The molecule has 0 aliphatic carbocycles. The molecule has 0 spiro atoms. The van der Waals surface area contributed by atoms with Crippen molar-refractivity contribution in [1.29, 1.82) is 0 Å². The van der Waals surface area contributed by atoms with Crippen LogP contribution in [0.4, 0.5) is 0 Å². The summed E-state index contributed by atoms with van der Waals surface area (Å²) in [5.74, 6) is 1.75. The van der Waals surface area contributed by atoms with Gasteiger partial charge in [0.1, 0.15) is 11.5 Å². The van der Waals surface area contributed by atoms with Crippen molar-refractivity contribution in [3.8, 4) is 11.5 Å². The molecule has 0 aliphatic rings. The maximum Gasteiger partial charge on any atom is 0.135 e. The van der Waals surface area contributed by atoms with Crippen molar-refractivity contribution < 1.29 is 4.74 Å². The molecule has 10 rings (SSSR count). The summed E-state index contributed by atoms with van der Waals surface area (Å²) in [7, 11) is -3.81. The third kappa shape index (κ3) is 9.73. The van der Waals surface area contributed by atoms with Crippen molar-refractivity contribution in [3.05, 3.63) is 279 Å². The van der Waals surface area contributed by atoms with Gasteiger partial charge >= 0.3 is 0 Å². The molecule has 0 saturated carbocycles. The lowest BCUT2D eigenvalue weighted by atomic mass is 10.3. The molecule has 0 bridgehead atoms. The Balaban J connectivity index is 1.21. The zero-order valence-electron chi connectivity index (χ0n) is 35.8. The van der Waals surface area contributed by atoms with Crippen LogP contribution >= 0.6 is 31.7 Å². The summed E-state index contributed by atoms with van der Waals surface area (Å²) < 4.78 is 7.63. The maximum absolute atomic E-state index is 7.63. The van der Waals surface area contributed by atoms with E-state index in [2.05, 4.69) is 279 Å². The SMILES string of the molecule is c1ccc(P(c2ccccc2)c2ccc(Oc3ccc(P(c4ccccc4)c4ccccc4)cc3P(c3ccccc3)c3ccccc3)c(P(c3ccccc3)c3ccccc3)c2)cc1. The minimum atomic E-state index is -1.04. The summed E-state index contributed by atoms with van der Waals surface area (Å²) in [5.41, 5.74) is 0. The van der Waals surface area contributed by atoms with Gasteiger partial charge in [0.2, 0.25) is 0 Å². The number of rotatable bonds is 14. The standard InChI is InChI=1S/C60H46OP4/c1-9-25-47(26-10-1)62(48-27-11-2-12-28-48)55-41-43-57(59(45-55)64(51-33-17-5-18-34-51)52-35-19-6-20-36-52)61-58-44-42-56(63(49-29-13-3-14-30-49)50-31-15-4-16-32-50)46-60(58)65(53-37-21-7-22-38-53)54-39-23-8-24-40-54/h1-46H. The van der Waals surface area contributed by atoms with Crippen LogP contribution in [-0.4, -0.2) is 0 Å². The summed E-state index contributed by atoms with van der Waals surface area (Å²) >= 11 is 0. The summed E-state index contributed by atoms with van der Waals surface area (Å²) in [5, 5.41) is 15.4. The van der Waals surface area contributed by atoms with Crippen molar-refractivity contribution in [2.24, 2.45) is 0 Å². The number of benzene rings is 10. The van der Waals surface area contributed by atoms with Gasteiger partial charge in [-0.1, -0.05) is 255 Å². The van der Waals surface area contributed by atoms with E-state index in [4.69, 9.17) is 4.74 Å². The molecular weight excluding hydrogens is 861 g/mol. The van der Waals surface area contributed by atoms with Crippen LogP contribution in [0.25, 0.3) is 0 Å². The van der Waals surface area contributed by atoms with Gasteiger partial charge < -0.3 is 4.74 Å². The zero-order valence-corrected chi connectivity index (χ0v) is 39.3. The van der Waals surface area contributed by atoms with Crippen LogP contribution in [0.2, 0.25) is 0 Å². The van der Waals surface area contributed by atoms with Crippen molar-refractivity contribution in [2.45, 2.75) is 0 Å². The molecule has 5 heteroatoms.